The molecule has 184 valence electrons. The van der Waals surface area contributed by atoms with Crippen molar-refractivity contribution in [2.45, 2.75) is 18.6 Å². The van der Waals surface area contributed by atoms with Gasteiger partial charge in [0.25, 0.3) is 0 Å². The molecular weight excluding hydrogens is 472 g/mol. The van der Waals surface area contributed by atoms with Crippen LogP contribution in [0.3, 0.4) is 0 Å². The molecule has 2 aromatic heterocycles. The minimum atomic E-state index is -0.106. The highest BCUT2D eigenvalue weighted by Crippen LogP contribution is 2.42. The highest BCUT2D eigenvalue weighted by molar-refractivity contribution is 7.80. The zero-order valence-corrected chi connectivity index (χ0v) is 21.0. The summed E-state index contributed by atoms with van der Waals surface area (Å²) in [5.41, 5.74) is 3.04. The first kappa shape index (κ1) is 23.8. The van der Waals surface area contributed by atoms with E-state index in [0.717, 1.165) is 40.9 Å². The van der Waals surface area contributed by atoms with Gasteiger partial charge in [0.05, 0.1) is 25.5 Å². The molecular formula is C28H28N4O3S. The van der Waals surface area contributed by atoms with Gasteiger partial charge in [0.1, 0.15) is 23.3 Å². The molecule has 1 aliphatic heterocycles. The zero-order valence-electron chi connectivity index (χ0n) is 20.2. The maximum absolute atomic E-state index is 6.02. The molecule has 0 aliphatic carbocycles. The van der Waals surface area contributed by atoms with E-state index in [-0.39, 0.29) is 12.1 Å². The van der Waals surface area contributed by atoms with Crippen molar-refractivity contribution in [2.75, 3.05) is 25.7 Å². The Morgan fingerprint density at radius 1 is 0.889 bits per heavy atom. The van der Waals surface area contributed by atoms with E-state index in [9.17, 15) is 0 Å². The summed E-state index contributed by atoms with van der Waals surface area (Å²) in [6, 6.07) is 25.4. The number of ether oxygens (including phenoxy) is 3. The topological polar surface area (TPSA) is 60.8 Å². The number of thiocarbonyl (C=S) groups is 1. The zero-order chi connectivity index (χ0) is 24.9. The van der Waals surface area contributed by atoms with Crippen LogP contribution in [0, 0.1) is 0 Å². The van der Waals surface area contributed by atoms with Crippen LogP contribution in [0.4, 0.5) is 5.69 Å². The van der Waals surface area contributed by atoms with E-state index in [4.69, 9.17) is 26.4 Å². The van der Waals surface area contributed by atoms with E-state index in [1.807, 2.05) is 72.9 Å². The third kappa shape index (κ3) is 4.91. The van der Waals surface area contributed by atoms with E-state index in [2.05, 4.69) is 38.1 Å². The second kappa shape index (κ2) is 10.8. The van der Waals surface area contributed by atoms with Gasteiger partial charge >= 0.3 is 0 Å². The predicted octanol–water partition coefficient (Wildman–Crippen LogP) is 5.51. The Kier molecular flexibility index (Phi) is 7.16. The smallest absolute Gasteiger partial charge is 0.174 e. The van der Waals surface area contributed by atoms with Crippen molar-refractivity contribution in [1.29, 1.82) is 0 Å². The fraction of sp³-hybridized carbons (Fsp3) is 0.214. The average molecular weight is 501 g/mol. The molecule has 3 heterocycles. The number of nitrogens with zero attached hydrogens (tertiary/aromatic N) is 3. The highest BCUT2D eigenvalue weighted by Gasteiger charge is 2.42. The van der Waals surface area contributed by atoms with Gasteiger partial charge in [-0.25, -0.2) is 0 Å². The van der Waals surface area contributed by atoms with Crippen molar-refractivity contribution in [3.8, 4) is 17.2 Å². The number of aromatic nitrogens is 2. The summed E-state index contributed by atoms with van der Waals surface area (Å²) in [5.74, 6) is 2.27. The highest BCUT2D eigenvalue weighted by atomic mass is 32.1. The van der Waals surface area contributed by atoms with E-state index < -0.39 is 0 Å². The molecule has 36 heavy (non-hydrogen) atoms. The molecule has 8 heteroatoms. The minimum Gasteiger partial charge on any atom is -0.497 e. The number of anilines is 1. The van der Waals surface area contributed by atoms with Gasteiger partial charge in [0.2, 0.25) is 0 Å². The van der Waals surface area contributed by atoms with Crippen LogP contribution >= 0.6 is 12.2 Å². The number of pyridine rings is 1. The van der Waals surface area contributed by atoms with Crippen molar-refractivity contribution in [3.05, 3.63) is 103 Å². The van der Waals surface area contributed by atoms with Crippen LogP contribution in [0.25, 0.3) is 0 Å². The molecule has 1 fully saturated rings. The van der Waals surface area contributed by atoms with Gasteiger partial charge < -0.3 is 29.0 Å². The normalized spacial score (nSPS) is 17.2. The first-order chi connectivity index (χ1) is 17.7. The standard InChI is InChI=1S/C28H28N4O3S/c1-33-19-18-31-17-5-7-25(31)27-26(24-6-3-4-16-29-24)30-28(36)32(27)20-8-10-22(11-9-20)35-23-14-12-21(34-2)13-15-23/h3-17,26-27H,18-19H2,1-2H3,(H,30,36)/t26-,27+/m0/s1. The summed E-state index contributed by atoms with van der Waals surface area (Å²) in [7, 11) is 3.36. The molecule has 0 unspecified atom stereocenters. The van der Waals surface area contributed by atoms with Crippen molar-refractivity contribution >= 4 is 23.0 Å². The summed E-state index contributed by atoms with van der Waals surface area (Å²) < 4.78 is 18.8. The van der Waals surface area contributed by atoms with Crippen LogP contribution in [0.15, 0.2) is 91.3 Å². The Morgan fingerprint density at radius 2 is 1.61 bits per heavy atom. The van der Waals surface area contributed by atoms with Gasteiger partial charge in [-0.3, -0.25) is 4.98 Å². The van der Waals surface area contributed by atoms with E-state index >= 15 is 0 Å². The van der Waals surface area contributed by atoms with Crippen molar-refractivity contribution in [1.82, 2.24) is 14.9 Å². The fourth-order valence-corrected chi connectivity index (χ4v) is 4.82. The molecule has 4 aromatic rings. The van der Waals surface area contributed by atoms with Crippen LogP contribution in [0.5, 0.6) is 17.2 Å². The van der Waals surface area contributed by atoms with E-state index in [1.165, 1.54) is 0 Å². The van der Waals surface area contributed by atoms with Gasteiger partial charge in [0.15, 0.2) is 5.11 Å². The molecule has 2 atom stereocenters. The van der Waals surface area contributed by atoms with Crippen molar-refractivity contribution in [2.24, 2.45) is 0 Å². The summed E-state index contributed by atoms with van der Waals surface area (Å²) in [6.45, 7) is 1.37. The first-order valence-corrected chi connectivity index (χ1v) is 12.2. The number of nitrogens with one attached hydrogen (secondary N) is 1. The molecule has 7 nitrogen and oxygen atoms in total. The maximum atomic E-state index is 6.02. The molecule has 1 N–H and O–H groups in total. The molecule has 0 radical (unpaired) electrons. The van der Waals surface area contributed by atoms with Crippen LogP contribution in [-0.4, -0.2) is 35.5 Å². The lowest BCUT2D eigenvalue weighted by Crippen LogP contribution is -2.30. The summed E-state index contributed by atoms with van der Waals surface area (Å²) in [5, 5.41) is 4.16. The number of hydrogen-bond acceptors (Lipinski definition) is 5. The first-order valence-electron chi connectivity index (χ1n) is 11.7. The lowest BCUT2D eigenvalue weighted by molar-refractivity contribution is 0.186. The van der Waals surface area contributed by atoms with Gasteiger partial charge in [-0.1, -0.05) is 6.07 Å². The fourth-order valence-electron chi connectivity index (χ4n) is 4.48. The van der Waals surface area contributed by atoms with Crippen molar-refractivity contribution in [3.63, 3.8) is 0 Å². The molecule has 2 aromatic carbocycles. The second-order valence-corrected chi connectivity index (χ2v) is 8.77. The Bertz CT molecular complexity index is 1290. The Hall–Kier alpha value is -3.88. The van der Waals surface area contributed by atoms with Crippen LogP contribution in [0.2, 0.25) is 0 Å². The number of benzene rings is 2. The minimum absolute atomic E-state index is 0.0902. The summed E-state index contributed by atoms with van der Waals surface area (Å²) in [6.07, 6.45) is 3.89. The molecule has 0 saturated carbocycles. The van der Waals surface area contributed by atoms with Gasteiger partial charge in [-0.05, 0) is 85.0 Å². The van der Waals surface area contributed by atoms with Crippen LogP contribution in [-0.2, 0) is 11.3 Å². The molecule has 0 amide bonds. The van der Waals surface area contributed by atoms with E-state index in [0.29, 0.717) is 11.7 Å². The second-order valence-electron chi connectivity index (χ2n) is 8.39. The molecule has 1 aliphatic rings. The summed E-state index contributed by atoms with van der Waals surface area (Å²) >= 11 is 5.85. The number of methoxy groups -OCH3 is 2. The van der Waals surface area contributed by atoms with Gasteiger partial charge in [-0.2, -0.15) is 0 Å². The SMILES string of the molecule is COCCn1cccc1[C@@H]1[C@H](c2ccccn2)NC(=S)N1c1ccc(Oc2ccc(OC)cc2)cc1. The number of hydrogen-bond donors (Lipinski definition) is 1. The van der Waals surface area contributed by atoms with Gasteiger partial charge in [0, 0.05) is 37.4 Å². The molecule has 0 spiro atoms. The quantitative estimate of drug-likeness (QED) is 0.304. The number of rotatable bonds is 9. The Morgan fingerprint density at radius 3 is 2.28 bits per heavy atom. The van der Waals surface area contributed by atoms with Gasteiger partial charge in [-0.15, -0.1) is 0 Å². The summed E-state index contributed by atoms with van der Waals surface area (Å²) in [4.78, 5) is 6.79. The largest absolute Gasteiger partial charge is 0.497 e. The Labute approximate surface area is 216 Å². The predicted molar refractivity (Wildman–Crippen MR) is 144 cm³/mol. The lowest BCUT2D eigenvalue weighted by Gasteiger charge is -2.29. The molecule has 1 saturated heterocycles. The lowest BCUT2D eigenvalue weighted by atomic mass is 10.0. The maximum Gasteiger partial charge on any atom is 0.174 e. The monoisotopic (exact) mass is 500 g/mol. The Balaban J connectivity index is 1.46. The van der Waals surface area contributed by atoms with Crippen LogP contribution in [0.1, 0.15) is 23.5 Å². The average Bonchev–Trinajstić information content (AvgIpc) is 3.52. The molecule has 0 bridgehead atoms. The molecule has 5 rings (SSSR count). The van der Waals surface area contributed by atoms with Crippen LogP contribution < -0.4 is 19.7 Å². The van der Waals surface area contributed by atoms with E-state index in [1.54, 1.807) is 14.2 Å². The van der Waals surface area contributed by atoms with Crippen molar-refractivity contribution < 1.29 is 14.2 Å². The third-order valence-electron chi connectivity index (χ3n) is 6.21. The third-order valence-corrected chi connectivity index (χ3v) is 6.53.